The van der Waals surface area contributed by atoms with Gasteiger partial charge in [0.1, 0.15) is 11.7 Å². The summed E-state index contributed by atoms with van der Waals surface area (Å²) >= 11 is 0. The predicted octanol–water partition coefficient (Wildman–Crippen LogP) is 1.90. The van der Waals surface area contributed by atoms with E-state index < -0.39 is 17.9 Å². The second kappa shape index (κ2) is 6.25. The van der Waals surface area contributed by atoms with Crippen molar-refractivity contribution in [2.75, 3.05) is 0 Å². The second-order valence-electron chi connectivity index (χ2n) is 5.14. The van der Waals surface area contributed by atoms with Gasteiger partial charge in [-0.2, -0.15) is 5.10 Å². The van der Waals surface area contributed by atoms with E-state index in [1.165, 1.54) is 12.3 Å². The highest BCUT2D eigenvalue weighted by molar-refractivity contribution is 5.95. The van der Waals surface area contributed by atoms with Gasteiger partial charge in [0, 0.05) is 6.07 Å². The summed E-state index contributed by atoms with van der Waals surface area (Å²) in [6.07, 6.45) is 1.87. The average Bonchev–Trinajstić information content (AvgIpc) is 3.08. The van der Waals surface area contributed by atoms with Gasteiger partial charge < -0.3 is 14.8 Å². The zero-order chi connectivity index (χ0) is 15.4. The minimum absolute atomic E-state index is 0.122. The van der Waals surface area contributed by atoms with Crippen LogP contribution in [0, 0.1) is 5.92 Å². The molecule has 0 aromatic carbocycles. The van der Waals surface area contributed by atoms with Crippen molar-refractivity contribution in [3.63, 3.8) is 0 Å². The number of nitrogens with zero attached hydrogens (tertiary/aromatic N) is 1. The largest absolute Gasteiger partial charge is 0.480 e. The molecular formula is C14H17N3O4. The summed E-state index contributed by atoms with van der Waals surface area (Å²) in [5.41, 5.74) is 0.678. The van der Waals surface area contributed by atoms with Crippen LogP contribution in [0.5, 0.6) is 0 Å². The van der Waals surface area contributed by atoms with Crippen LogP contribution in [0.3, 0.4) is 0 Å². The van der Waals surface area contributed by atoms with Gasteiger partial charge in [-0.1, -0.05) is 13.8 Å². The molecule has 2 aromatic heterocycles. The molecule has 3 N–H and O–H groups in total. The van der Waals surface area contributed by atoms with E-state index >= 15 is 0 Å². The number of rotatable bonds is 6. The van der Waals surface area contributed by atoms with Crippen LogP contribution in [0.4, 0.5) is 0 Å². The molecule has 112 valence electrons. The first-order valence-electron chi connectivity index (χ1n) is 6.60. The molecule has 0 fully saturated rings. The lowest BCUT2D eigenvalue weighted by molar-refractivity contribution is -0.139. The van der Waals surface area contributed by atoms with Crippen molar-refractivity contribution in [3.8, 4) is 11.5 Å². The number of furan rings is 1. The van der Waals surface area contributed by atoms with E-state index in [0.29, 0.717) is 17.9 Å². The Kier molecular flexibility index (Phi) is 4.42. The van der Waals surface area contributed by atoms with E-state index in [2.05, 4.69) is 15.5 Å². The summed E-state index contributed by atoms with van der Waals surface area (Å²) < 4.78 is 5.19. The number of nitrogens with one attached hydrogen (secondary N) is 2. The molecule has 1 atom stereocenters. The smallest absolute Gasteiger partial charge is 0.326 e. The third-order valence-electron chi connectivity index (χ3n) is 2.91. The van der Waals surface area contributed by atoms with E-state index in [1.807, 2.05) is 13.8 Å². The number of amides is 1. The molecule has 0 bridgehead atoms. The van der Waals surface area contributed by atoms with E-state index in [1.54, 1.807) is 12.1 Å². The second-order valence-corrected chi connectivity index (χ2v) is 5.14. The third-order valence-corrected chi connectivity index (χ3v) is 2.91. The molecule has 7 nitrogen and oxygen atoms in total. The molecule has 0 radical (unpaired) electrons. The van der Waals surface area contributed by atoms with Crippen LogP contribution in [-0.2, 0) is 4.79 Å². The SMILES string of the molecule is CC(C)C[C@H](NC(=O)c1cc(-c2ccco2)[nH]n1)C(=O)O. The van der Waals surface area contributed by atoms with Crippen molar-refractivity contribution in [3.05, 3.63) is 30.2 Å². The van der Waals surface area contributed by atoms with Crippen LogP contribution in [-0.4, -0.2) is 33.2 Å². The molecule has 0 aliphatic heterocycles. The molecule has 2 aromatic rings. The Morgan fingerprint density at radius 3 is 2.81 bits per heavy atom. The first-order chi connectivity index (χ1) is 9.97. The highest BCUT2D eigenvalue weighted by atomic mass is 16.4. The Bertz CT molecular complexity index is 616. The highest BCUT2D eigenvalue weighted by Gasteiger charge is 2.23. The fraction of sp³-hybridized carbons (Fsp3) is 0.357. The Balaban J connectivity index is 2.07. The molecule has 2 rings (SSSR count). The van der Waals surface area contributed by atoms with Crippen LogP contribution in [0.15, 0.2) is 28.9 Å². The average molecular weight is 291 g/mol. The normalized spacial score (nSPS) is 12.3. The molecule has 0 saturated carbocycles. The number of hydrogen-bond acceptors (Lipinski definition) is 4. The van der Waals surface area contributed by atoms with Gasteiger partial charge in [-0.05, 0) is 24.5 Å². The molecule has 0 spiro atoms. The number of carboxylic acids is 1. The number of H-pyrrole nitrogens is 1. The molecule has 2 heterocycles. The Morgan fingerprint density at radius 2 is 2.24 bits per heavy atom. The predicted molar refractivity (Wildman–Crippen MR) is 74.6 cm³/mol. The van der Waals surface area contributed by atoms with Gasteiger partial charge in [-0.15, -0.1) is 0 Å². The minimum Gasteiger partial charge on any atom is -0.480 e. The molecule has 21 heavy (non-hydrogen) atoms. The Hall–Kier alpha value is -2.57. The number of carboxylic acid groups (broad SMARTS) is 1. The van der Waals surface area contributed by atoms with E-state index in [-0.39, 0.29) is 11.6 Å². The van der Waals surface area contributed by atoms with Gasteiger partial charge in [-0.25, -0.2) is 4.79 Å². The van der Waals surface area contributed by atoms with Crippen molar-refractivity contribution in [1.29, 1.82) is 0 Å². The van der Waals surface area contributed by atoms with Crippen molar-refractivity contribution < 1.29 is 19.1 Å². The van der Waals surface area contributed by atoms with E-state index in [4.69, 9.17) is 9.52 Å². The topological polar surface area (TPSA) is 108 Å². The molecule has 0 saturated heterocycles. The lowest BCUT2D eigenvalue weighted by atomic mass is 10.0. The summed E-state index contributed by atoms with van der Waals surface area (Å²) in [6.45, 7) is 3.79. The Labute approximate surface area is 121 Å². The van der Waals surface area contributed by atoms with E-state index in [0.717, 1.165) is 0 Å². The zero-order valence-electron chi connectivity index (χ0n) is 11.8. The lowest BCUT2D eigenvalue weighted by Crippen LogP contribution is -2.41. The first kappa shape index (κ1) is 14.8. The summed E-state index contributed by atoms with van der Waals surface area (Å²) in [6, 6.07) is 4.04. The van der Waals surface area contributed by atoms with Crippen molar-refractivity contribution in [2.45, 2.75) is 26.3 Å². The monoisotopic (exact) mass is 291 g/mol. The standard InChI is InChI=1S/C14H17N3O4/c1-8(2)6-11(14(19)20)15-13(18)10-7-9(16-17-10)12-4-3-5-21-12/h3-5,7-8,11H,6H2,1-2H3,(H,15,18)(H,16,17)(H,19,20)/t11-/m0/s1. The quantitative estimate of drug-likeness (QED) is 0.753. The van der Waals surface area contributed by atoms with Crippen molar-refractivity contribution in [2.24, 2.45) is 5.92 Å². The molecule has 1 amide bonds. The number of aromatic amines is 1. The van der Waals surface area contributed by atoms with Crippen molar-refractivity contribution >= 4 is 11.9 Å². The lowest BCUT2D eigenvalue weighted by Gasteiger charge is -2.15. The van der Waals surface area contributed by atoms with Gasteiger partial charge in [0.2, 0.25) is 0 Å². The number of carbonyl (C=O) groups excluding carboxylic acids is 1. The fourth-order valence-electron chi connectivity index (χ4n) is 1.92. The minimum atomic E-state index is -1.06. The molecule has 0 unspecified atom stereocenters. The van der Waals surface area contributed by atoms with Crippen LogP contribution in [0.25, 0.3) is 11.5 Å². The highest BCUT2D eigenvalue weighted by Crippen LogP contribution is 2.17. The maximum Gasteiger partial charge on any atom is 0.326 e. The fourth-order valence-corrected chi connectivity index (χ4v) is 1.92. The van der Waals surface area contributed by atoms with Gasteiger partial charge in [0.25, 0.3) is 5.91 Å². The van der Waals surface area contributed by atoms with Crippen LogP contribution in [0.2, 0.25) is 0 Å². The van der Waals surface area contributed by atoms with Gasteiger partial charge in [-0.3, -0.25) is 9.89 Å². The number of carbonyl (C=O) groups is 2. The van der Waals surface area contributed by atoms with Crippen LogP contribution < -0.4 is 5.32 Å². The van der Waals surface area contributed by atoms with Crippen molar-refractivity contribution in [1.82, 2.24) is 15.5 Å². The summed E-state index contributed by atoms with van der Waals surface area (Å²) in [7, 11) is 0. The summed E-state index contributed by atoms with van der Waals surface area (Å²) in [5.74, 6) is -0.876. The Morgan fingerprint density at radius 1 is 1.48 bits per heavy atom. The molecule has 0 aliphatic carbocycles. The summed E-state index contributed by atoms with van der Waals surface area (Å²) in [4.78, 5) is 23.2. The van der Waals surface area contributed by atoms with Gasteiger partial charge >= 0.3 is 5.97 Å². The molecular weight excluding hydrogens is 274 g/mol. The number of hydrogen-bond donors (Lipinski definition) is 3. The zero-order valence-corrected chi connectivity index (χ0v) is 11.8. The van der Waals surface area contributed by atoms with E-state index in [9.17, 15) is 9.59 Å². The number of aliphatic carboxylic acids is 1. The van der Waals surface area contributed by atoms with Gasteiger partial charge in [0.15, 0.2) is 11.5 Å². The van der Waals surface area contributed by atoms with Crippen LogP contribution >= 0.6 is 0 Å². The third kappa shape index (κ3) is 3.71. The maximum absolute atomic E-state index is 12.0. The number of aromatic nitrogens is 2. The molecule has 7 heteroatoms. The maximum atomic E-state index is 12.0. The molecule has 0 aliphatic rings. The first-order valence-corrected chi connectivity index (χ1v) is 6.60. The summed E-state index contributed by atoms with van der Waals surface area (Å²) in [5, 5.41) is 18.1. The van der Waals surface area contributed by atoms with Gasteiger partial charge in [0.05, 0.1) is 6.26 Å². The van der Waals surface area contributed by atoms with Crippen LogP contribution in [0.1, 0.15) is 30.8 Å².